The molecule has 8 heteroatoms. The molecule has 2 fully saturated rings. The molecular weight excluding hydrogens is 406 g/mol. The fourth-order valence-corrected chi connectivity index (χ4v) is 6.54. The number of likely N-dealkylation sites (N-methyl/N-ethyl adjacent to an activating group) is 1. The van der Waals surface area contributed by atoms with Gasteiger partial charge < -0.3 is 14.8 Å². The van der Waals surface area contributed by atoms with Gasteiger partial charge in [0.2, 0.25) is 0 Å². The molecular formula is C22H31NO6S. The monoisotopic (exact) mass is 437 g/mol. The SMILES string of the molecule is CC1(C)C2CC[C@@]1(CS(=O)(=O)O)C(=O)C2.CNCC1=Cc2cc(OC)c(OC)cc21. The van der Waals surface area contributed by atoms with Crippen molar-refractivity contribution in [2.24, 2.45) is 16.7 Å². The second-order valence-electron chi connectivity index (χ2n) is 8.89. The third-order valence-corrected chi connectivity index (χ3v) is 8.02. The molecule has 0 amide bonds. The minimum absolute atomic E-state index is 0.0152. The van der Waals surface area contributed by atoms with Crippen molar-refractivity contribution in [3.8, 4) is 11.5 Å². The van der Waals surface area contributed by atoms with Crippen LogP contribution in [0.25, 0.3) is 11.6 Å². The molecule has 4 rings (SSSR count). The maximum absolute atomic E-state index is 11.9. The van der Waals surface area contributed by atoms with Crippen molar-refractivity contribution in [1.82, 2.24) is 5.32 Å². The first-order chi connectivity index (χ1) is 14.0. The van der Waals surface area contributed by atoms with E-state index in [4.69, 9.17) is 14.0 Å². The van der Waals surface area contributed by atoms with E-state index in [1.807, 2.05) is 33.0 Å². The van der Waals surface area contributed by atoms with Gasteiger partial charge in [-0.3, -0.25) is 9.35 Å². The van der Waals surface area contributed by atoms with Gasteiger partial charge in [-0.1, -0.05) is 13.8 Å². The van der Waals surface area contributed by atoms with Gasteiger partial charge in [0.15, 0.2) is 11.5 Å². The van der Waals surface area contributed by atoms with Crippen LogP contribution in [0.15, 0.2) is 12.1 Å². The number of ketones is 1. The second kappa shape index (κ2) is 7.98. The van der Waals surface area contributed by atoms with Crippen LogP contribution >= 0.6 is 0 Å². The summed E-state index contributed by atoms with van der Waals surface area (Å²) in [5.41, 5.74) is 2.67. The van der Waals surface area contributed by atoms with Crippen LogP contribution in [0.1, 0.15) is 44.2 Å². The van der Waals surface area contributed by atoms with Gasteiger partial charge in [0.05, 0.1) is 25.4 Å². The summed E-state index contributed by atoms with van der Waals surface area (Å²) in [5, 5.41) is 3.14. The summed E-state index contributed by atoms with van der Waals surface area (Å²) < 4.78 is 41.5. The summed E-state index contributed by atoms with van der Waals surface area (Å²) in [4.78, 5) is 11.9. The first kappa shape index (κ1) is 22.8. The second-order valence-corrected chi connectivity index (χ2v) is 10.3. The highest BCUT2D eigenvalue weighted by atomic mass is 32.2. The Labute approximate surface area is 178 Å². The van der Waals surface area contributed by atoms with Crippen LogP contribution in [0, 0.1) is 16.7 Å². The van der Waals surface area contributed by atoms with Crippen LogP contribution in [0.3, 0.4) is 0 Å². The van der Waals surface area contributed by atoms with Gasteiger partial charge in [-0.05, 0) is 66.1 Å². The van der Waals surface area contributed by atoms with Crippen molar-refractivity contribution in [2.45, 2.75) is 33.1 Å². The van der Waals surface area contributed by atoms with Crippen LogP contribution in [0.4, 0.5) is 0 Å². The quantitative estimate of drug-likeness (QED) is 0.660. The number of ether oxygens (including phenoxy) is 2. The van der Waals surface area contributed by atoms with E-state index in [-0.39, 0.29) is 17.1 Å². The number of nitrogens with one attached hydrogen (secondary N) is 1. The lowest BCUT2D eigenvalue weighted by molar-refractivity contribution is -0.128. The molecule has 0 aliphatic heterocycles. The van der Waals surface area contributed by atoms with Gasteiger partial charge in [-0.15, -0.1) is 0 Å². The van der Waals surface area contributed by atoms with Gasteiger partial charge in [0, 0.05) is 13.0 Å². The minimum atomic E-state index is -4.08. The number of Topliss-reactive ketones (excluding diaryl/α,β-unsaturated/α-hetero) is 1. The van der Waals surface area contributed by atoms with Crippen LogP contribution in [0.2, 0.25) is 0 Å². The molecule has 0 spiro atoms. The molecule has 2 saturated carbocycles. The van der Waals surface area contributed by atoms with Crippen LogP contribution in [-0.4, -0.2) is 52.3 Å². The van der Waals surface area contributed by atoms with Crippen LogP contribution in [-0.2, 0) is 14.9 Å². The summed E-state index contributed by atoms with van der Waals surface area (Å²) >= 11 is 0. The largest absolute Gasteiger partial charge is 0.493 e. The molecule has 166 valence electrons. The lowest BCUT2D eigenvalue weighted by Crippen LogP contribution is -2.42. The van der Waals surface area contributed by atoms with Crippen molar-refractivity contribution >= 4 is 27.6 Å². The molecule has 2 atom stereocenters. The summed E-state index contributed by atoms with van der Waals surface area (Å²) in [5.74, 6) is 1.48. The van der Waals surface area contributed by atoms with Crippen molar-refractivity contribution < 1.29 is 27.2 Å². The first-order valence-corrected chi connectivity index (χ1v) is 11.7. The number of fused-ring (bicyclic) bond motifs is 3. The van der Waals surface area contributed by atoms with Crippen molar-refractivity contribution in [2.75, 3.05) is 33.6 Å². The van der Waals surface area contributed by atoms with E-state index in [2.05, 4.69) is 11.4 Å². The van der Waals surface area contributed by atoms with Gasteiger partial charge >= 0.3 is 0 Å². The molecule has 0 aromatic heterocycles. The molecule has 3 aliphatic carbocycles. The Balaban J connectivity index is 0.000000171. The third kappa shape index (κ3) is 3.76. The van der Waals surface area contributed by atoms with Crippen LogP contribution in [0.5, 0.6) is 11.5 Å². The summed E-state index contributed by atoms with van der Waals surface area (Å²) in [6.45, 7) is 4.78. The zero-order valence-corrected chi connectivity index (χ0v) is 19.1. The lowest BCUT2D eigenvalue weighted by Gasteiger charge is -2.35. The molecule has 30 heavy (non-hydrogen) atoms. The fraction of sp³-hybridized carbons (Fsp3) is 0.591. The average molecular weight is 438 g/mol. The highest BCUT2D eigenvalue weighted by Gasteiger charge is 2.65. The van der Waals surface area contributed by atoms with E-state index in [0.29, 0.717) is 12.8 Å². The molecule has 7 nitrogen and oxygen atoms in total. The smallest absolute Gasteiger partial charge is 0.265 e. The molecule has 2 N–H and O–H groups in total. The normalized spacial score (nSPS) is 25.6. The summed E-state index contributed by atoms with van der Waals surface area (Å²) in [7, 11) is 1.18. The zero-order chi connectivity index (χ0) is 22.3. The predicted octanol–water partition coefficient (Wildman–Crippen LogP) is 3.05. The van der Waals surface area contributed by atoms with Gasteiger partial charge in [-0.25, -0.2) is 0 Å². The standard InChI is InChI=1S/C12H15NO2.C10H16O4S/c1-13-7-9-4-8-5-11(14-2)12(15-3)6-10(8)9;1-9(2)7-3-4-10(9,8(11)5-7)6-15(12,13)14/h4-6,13H,7H2,1-3H3;7H,3-6H2,1-2H3,(H,12,13,14)/t;7?,10-/m.1/s1. The van der Waals surface area contributed by atoms with E-state index in [1.165, 1.54) is 16.7 Å². The number of hydrogen-bond acceptors (Lipinski definition) is 6. The summed E-state index contributed by atoms with van der Waals surface area (Å²) in [6.07, 6.45) is 4.13. The molecule has 0 saturated heterocycles. The predicted molar refractivity (Wildman–Crippen MR) is 116 cm³/mol. The first-order valence-electron chi connectivity index (χ1n) is 10.1. The summed E-state index contributed by atoms with van der Waals surface area (Å²) in [6, 6.07) is 4.04. The Morgan fingerprint density at radius 3 is 2.30 bits per heavy atom. The van der Waals surface area contributed by atoms with E-state index in [9.17, 15) is 13.2 Å². The number of carbonyl (C=O) groups excluding carboxylic acids is 1. The van der Waals surface area contributed by atoms with E-state index in [0.717, 1.165) is 24.5 Å². The van der Waals surface area contributed by atoms with Gasteiger partial charge in [0.1, 0.15) is 5.78 Å². The van der Waals surface area contributed by atoms with E-state index in [1.54, 1.807) is 14.2 Å². The Hall–Kier alpha value is -1.90. The Morgan fingerprint density at radius 2 is 1.83 bits per heavy atom. The maximum atomic E-state index is 11.9. The van der Waals surface area contributed by atoms with E-state index < -0.39 is 21.3 Å². The van der Waals surface area contributed by atoms with Gasteiger partial charge in [-0.2, -0.15) is 8.42 Å². The molecule has 0 radical (unpaired) electrons. The topological polar surface area (TPSA) is 102 Å². The highest BCUT2D eigenvalue weighted by molar-refractivity contribution is 7.85. The molecule has 0 heterocycles. The Bertz CT molecular complexity index is 982. The van der Waals surface area contributed by atoms with Gasteiger partial charge in [0.25, 0.3) is 10.1 Å². The third-order valence-electron chi connectivity index (χ3n) is 7.17. The maximum Gasteiger partial charge on any atom is 0.265 e. The number of rotatable bonds is 6. The Morgan fingerprint density at radius 1 is 1.20 bits per heavy atom. The number of benzene rings is 1. The van der Waals surface area contributed by atoms with Crippen molar-refractivity contribution in [1.29, 1.82) is 0 Å². The number of carbonyl (C=O) groups is 1. The fourth-order valence-electron chi connectivity index (χ4n) is 5.24. The van der Waals surface area contributed by atoms with Crippen LogP contribution < -0.4 is 14.8 Å². The lowest BCUT2D eigenvalue weighted by atomic mass is 9.70. The molecule has 1 unspecified atom stereocenters. The highest BCUT2D eigenvalue weighted by Crippen LogP contribution is 2.64. The molecule has 1 aromatic rings. The number of hydrogen-bond donors (Lipinski definition) is 2. The average Bonchev–Trinajstić information content (AvgIpc) is 2.99. The molecule has 1 aromatic carbocycles. The molecule has 2 bridgehead atoms. The minimum Gasteiger partial charge on any atom is -0.493 e. The van der Waals surface area contributed by atoms with E-state index >= 15 is 0 Å². The Kier molecular flexibility index (Phi) is 6.06. The van der Waals surface area contributed by atoms with Crippen molar-refractivity contribution in [3.05, 3.63) is 23.3 Å². The number of methoxy groups -OCH3 is 2. The molecule has 3 aliphatic rings. The zero-order valence-electron chi connectivity index (χ0n) is 18.2. The van der Waals surface area contributed by atoms with Crippen molar-refractivity contribution in [3.63, 3.8) is 0 Å².